The quantitative estimate of drug-likeness (QED) is 0.399. The summed E-state index contributed by atoms with van der Waals surface area (Å²) in [4.78, 5) is 4.13. The van der Waals surface area contributed by atoms with Crippen LogP contribution in [0, 0.1) is 46.3 Å². The van der Waals surface area contributed by atoms with Crippen molar-refractivity contribution in [1.29, 1.82) is 0 Å². The van der Waals surface area contributed by atoms with Crippen molar-refractivity contribution in [3.8, 4) is 5.75 Å². The lowest BCUT2D eigenvalue weighted by atomic mass is 9.42. The van der Waals surface area contributed by atoms with Crippen LogP contribution in [0.4, 0.5) is 0 Å². The van der Waals surface area contributed by atoms with Crippen LogP contribution in [0.15, 0.2) is 18.5 Å². The summed E-state index contributed by atoms with van der Waals surface area (Å²) in [6, 6.07) is 1.87. The first kappa shape index (κ1) is 23.0. The Bertz CT molecular complexity index is 797. The molecule has 32 heavy (non-hydrogen) atoms. The molecule has 1 aromatic rings. The fourth-order valence-corrected chi connectivity index (χ4v) is 9.76. The van der Waals surface area contributed by atoms with Gasteiger partial charge in [0, 0.05) is 12.3 Å². The highest BCUT2D eigenvalue weighted by atomic mass is 35.5. The molecule has 4 fully saturated rings. The van der Waals surface area contributed by atoms with Gasteiger partial charge in [-0.05, 0) is 104 Å². The standard InChI is InChI=1S/C29H44ClNO/c1-4-20-16-24-26-11-10-21(8-7-15-32-23-17-22(30)18-31-19-23)28(26,2)14-12-27(24)29(3)13-6-5-9-25(20)29/h17-21,24-27H,4-16H2,1-3H3/t20-,21?,24?,25?,26?,27-,28?,29?/m0/s1. The van der Waals surface area contributed by atoms with Crippen molar-refractivity contribution in [3.63, 3.8) is 0 Å². The van der Waals surface area contributed by atoms with E-state index < -0.39 is 0 Å². The van der Waals surface area contributed by atoms with Gasteiger partial charge in [-0.25, -0.2) is 0 Å². The monoisotopic (exact) mass is 457 g/mol. The van der Waals surface area contributed by atoms with Gasteiger partial charge >= 0.3 is 0 Å². The zero-order valence-corrected chi connectivity index (χ0v) is 21.4. The summed E-state index contributed by atoms with van der Waals surface area (Å²) in [5, 5.41) is 0.650. The van der Waals surface area contributed by atoms with Crippen LogP contribution in [0.5, 0.6) is 5.75 Å². The lowest BCUT2D eigenvalue weighted by Crippen LogP contribution is -2.55. The fourth-order valence-electron chi connectivity index (χ4n) is 9.59. The van der Waals surface area contributed by atoms with Crippen molar-refractivity contribution in [3.05, 3.63) is 23.5 Å². The normalized spacial score (nSPS) is 43.2. The van der Waals surface area contributed by atoms with Gasteiger partial charge in [-0.15, -0.1) is 0 Å². The zero-order valence-electron chi connectivity index (χ0n) is 20.6. The molecule has 2 nitrogen and oxygen atoms in total. The molecule has 8 atom stereocenters. The van der Waals surface area contributed by atoms with Gasteiger partial charge in [0.15, 0.2) is 0 Å². The third kappa shape index (κ3) is 3.91. The van der Waals surface area contributed by atoms with E-state index in [-0.39, 0.29) is 0 Å². The maximum Gasteiger partial charge on any atom is 0.139 e. The van der Waals surface area contributed by atoms with Gasteiger partial charge in [0.05, 0.1) is 17.8 Å². The molecule has 0 radical (unpaired) electrons. The van der Waals surface area contributed by atoms with Crippen LogP contribution in [0.3, 0.4) is 0 Å². The van der Waals surface area contributed by atoms with E-state index in [1.807, 2.05) is 6.07 Å². The van der Waals surface area contributed by atoms with Crippen LogP contribution >= 0.6 is 11.6 Å². The maximum absolute atomic E-state index is 6.04. The van der Waals surface area contributed by atoms with Crippen LogP contribution in [0.2, 0.25) is 5.02 Å². The molecule has 5 rings (SSSR count). The minimum absolute atomic E-state index is 0.564. The number of nitrogens with zero attached hydrogens (tertiary/aromatic N) is 1. The highest BCUT2D eigenvalue weighted by Crippen LogP contribution is 2.69. The van der Waals surface area contributed by atoms with E-state index in [0.29, 0.717) is 15.9 Å². The molecule has 178 valence electrons. The summed E-state index contributed by atoms with van der Waals surface area (Å²) < 4.78 is 5.96. The Kier molecular flexibility index (Phi) is 6.56. The van der Waals surface area contributed by atoms with E-state index >= 15 is 0 Å². The van der Waals surface area contributed by atoms with E-state index in [9.17, 15) is 0 Å². The van der Waals surface area contributed by atoms with Gasteiger partial charge in [0.25, 0.3) is 0 Å². The van der Waals surface area contributed by atoms with Gasteiger partial charge in [-0.3, -0.25) is 4.98 Å². The third-order valence-electron chi connectivity index (χ3n) is 11.1. The first-order valence-corrected chi connectivity index (χ1v) is 14.1. The number of ether oxygens (including phenoxy) is 1. The Morgan fingerprint density at radius 3 is 2.66 bits per heavy atom. The van der Waals surface area contributed by atoms with Crippen molar-refractivity contribution < 1.29 is 4.74 Å². The highest BCUT2D eigenvalue weighted by molar-refractivity contribution is 6.30. The first-order chi connectivity index (χ1) is 15.5. The van der Waals surface area contributed by atoms with E-state index in [1.54, 1.807) is 18.8 Å². The molecule has 0 amide bonds. The second-order valence-electron chi connectivity index (χ2n) is 12.3. The number of fused-ring (bicyclic) bond motifs is 5. The summed E-state index contributed by atoms with van der Waals surface area (Å²) >= 11 is 6.04. The van der Waals surface area contributed by atoms with Crippen molar-refractivity contribution in [2.75, 3.05) is 6.61 Å². The van der Waals surface area contributed by atoms with Gasteiger partial charge in [-0.2, -0.15) is 0 Å². The van der Waals surface area contributed by atoms with E-state index in [0.717, 1.165) is 54.3 Å². The Hall–Kier alpha value is -0.760. The lowest BCUT2D eigenvalue weighted by molar-refractivity contribution is -0.135. The molecular formula is C29H44ClNO. The third-order valence-corrected chi connectivity index (χ3v) is 11.3. The number of halogens is 1. The number of pyridine rings is 1. The van der Waals surface area contributed by atoms with E-state index in [4.69, 9.17) is 16.3 Å². The number of aromatic nitrogens is 1. The molecule has 0 saturated heterocycles. The van der Waals surface area contributed by atoms with E-state index in [1.165, 1.54) is 64.2 Å². The lowest BCUT2D eigenvalue weighted by Gasteiger charge is -2.62. The van der Waals surface area contributed by atoms with Crippen LogP contribution < -0.4 is 4.74 Å². The summed E-state index contributed by atoms with van der Waals surface area (Å²) in [7, 11) is 0. The molecule has 4 aliphatic carbocycles. The summed E-state index contributed by atoms with van der Waals surface area (Å²) in [6.45, 7) is 8.68. The molecular weight excluding hydrogens is 414 g/mol. The average Bonchev–Trinajstić information content (AvgIpc) is 3.12. The second kappa shape index (κ2) is 9.12. The Morgan fingerprint density at radius 1 is 1.00 bits per heavy atom. The summed E-state index contributed by atoms with van der Waals surface area (Å²) in [6.07, 6.45) is 20.8. The average molecular weight is 458 g/mol. The van der Waals surface area contributed by atoms with Crippen LogP contribution in [0.1, 0.15) is 97.8 Å². The fraction of sp³-hybridized carbons (Fsp3) is 0.828. The van der Waals surface area contributed by atoms with Gasteiger partial charge in [-0.1, -0.05) is 51.6 Å². The Labute approximate surface area is 201 Å². The minimum atomic E-state index is 0.564. The molecule has 4 saturated carbocycles. The zero-order chi connectivity index (χ0) is 22.3. The molecule has 4 aliphatic rings. The Morgan fingerprint density at radius 2 is 1.84 bits per heavy atom. The van der Waals surface area contributed by atoms with Crippen molar-refractivity contribution >= 4 is 11.6 Å². The molecule has 1 aromatic heterocycles. The predicted octanol–water partition coefficient (Wildman–Crippen LogP) is 8.58. The molecule has 0 aromatic carbocycles. The topological polar surface area (TPSA) is 22.1 Å². The van der Waals surface area contributed by atoms with Gasteiger partial charge in [0.1, 0.15) is 5.75 Å². The van der Waals surface area contributed by atoms with Crippen molar-refractivity contribution in [1.82, 2.24) is 4.98 Å². The highest BCUT2D eigenvalue weighted by Gasteiger charge is 2.60. The largest absolute Gasteiger partial charge is 0.492 e. The number of hydrogen-bond donors (Lipinski definition) is 0. The molecule has 1 heterocycles. The molecule has 6 unspecified atom stereocenters. The molecule has 3 heteroatoms. The molecule has 0 aliphatic heterocycles. The predicted molar refractivity (Wildman–Crippen MR) is 133 cm³/mol. The Balaban J connectivity index is 1.24. The minimum Gasteiger partial charge on any atom is -0.492 e. The summed E-state index contributed by atoms with van der Waals surface area (Å²) in [5.74, 6) is 6.66. The first-order valence-electron chi connectivity index (χ1n) is 13.7. The van der Waals surface area contributed by atoms with Crippen LogP contribution in [-0.2, 0) is 0 Å². The molecule has 0 spiro atoms. The summed E-state index contributed by atoms with van der Waals surface area (Å²) in [5.41, 5.74) is 1.20. The van der Waals surface area contributed by atoms with Gasteiger partial charge < -0.3 is 4.74 Å². The van der Waals surface area contributed by atoms with Crippen molar-refractivity contribution in [2.24, 2.45) is 46.3 Å². The van der Waals surface area contributed by atoms with Gasteiger partial charge in [0.2, 0.25) is 0 Å². The smallest absolute Gasteiger partial charge is 0.139 e. The van der Waals surface area contributed by atoms with Crippen LogP contribution in [0.25, 0.3) is 0 Å². The van der Waals surface area contributed by atoms with Crippen LogP contribution in [-0.4, -0.2) is 11.6 Å². The SMILES string of the molecule is CC[C@H]1CC2C3CCC(CCCOc4cncc(Cl)c4)C3(C)CC[C@@H]2C2(C)CCCCC12. The maximum atomic E-state index is 6.04. The number of hydrogen-bond acceptors (Lipinski definition) is 2. The molecule has 0 N–H and O–H groups in total. The van der Waals surface area contributed by atoms with Crippen molar-refractivity contribution in [2.45, 2.75) is 97.8 Å². The van der Waals surface area contributed by atoms with E-state index in [2.05, 4.69) is 25.8 Å². The number of rotatable bonds is 6. The molecule has 0 bridgehead atoms. The second-order valence-corrected chi connectivity index (χ2v) is 12.7.